The third-order valence-corrected chi connectivity index (χ3v) is 5.35. The normalized spacial score (nSPS) is 19.9. The van der Waals surface area contributed by atoms with Crippen LogP contribution in [-0.2, 0) is 4.79 Å². The molecule has 2 fully saturated rings. The molecular formula is C16H21ClN6OS. The number of hydrogen-bond donors (Lipinski definition) is 2. The number of aromatic nitrogens is 4. The first-order chi connectivity index (χ1) is 11.8. The molecule has 1 saturated heterocycles. The van der Waals surface area contributed by atoms with Gasteiger partial charge in [0.05, 0.1) is 6.04 Å². The number of thioether (sulfide) groups is 1. The summed E-state index contributed by atoms with van der Waals surface area (Å²) in [7, 11) is 0. The number of hydrogen-bond acceptors (Lipinski definition) is 6. The lowest BCUT2D eigenvalue weighted by molar-refractivity contribution is -0.116. The van der Waals surface area contributed by atoms with Gasteiger partial charge in [-0.05, 0) is 35.4 Å². The van der Waals surface area contributed by atoms with E-state index in [0.717, 1.165) is 48.0 Å². The first-order valence-electron chi connectivity index (χ1n) is 8.29. The lowest BCUT2D eigenvalue weighted by Crippen LogP contribution is -2.39. The van der Waals surface area contributed by atoms with Gasteiger partial charge in [0.2, 0.25) is 5.91 Å². The average Bonchev–Trinajstić information content (AvgIpc) is 3.32. The first kappa shape index (κ1) is 18.2. The lowest BCUT2D eigenvalue weighted by atomic mass is 10.1. The van der Waals surface area contributed by atoms with Gasteiger partial charge in [-0.3, -0.25) is 4.79 Å². The molecule has 2 aliphatic rings. The van der Waals surface area contributed by atoms with Crippen LogP contribution in [0.4, 0.5) is 5.69 Å². The van der Waals surface area contributed by atoms with E-state index < -0.39 is 0 Å². The Balaban J connectivity index is 0.00000182. The second-order valence-corrected chi connectivity index (χ2v) is 7.39. The summed E-state index contributed by atoms with van der Waals surface area (Å²) < 4.78 is 1.88. The summed E-state index contributed by atoms with van der Waals surface area (Å²) in [5.41, 5.74) is 1.71. The maximum Gasteiger partial charge on any atom is 0.225 e. The zero-order valence-electron chi connectivity index (χ0n) is 13.7. The number of benzene rings is 1. The minimum atomic E-state index is 0. The van der Waals surface area contributed by atoms with Gasteiger partial charge in [-0.25, -0.2) is 4.68 Å². The van der Waals surface area contributed by atoms with Crippen LogP contribution in [0, 0.1) is 0 Å². The number of carbonyl (C=O) groups is 1. The van der Waals surface area contributed by atoms with Crippen LogP contribution in [0.3, 0.4) is 0 Å². The smallest absolute Gasteiger partial charge is 0.225 e. The molecular weight excluding hydrogens is 360 g/mol. The van der Waals surface area contributed by atoms with Crippen LogP contribution in [-0.4, -0.2) is 50.2 Å². The maximum absolute atomic E-state index is 12.3. The highest BCUT2D eigenvalue weighted by atomic mass is 35.5. The van der Waals surface area contributed by atoms with Gasteiger partial charge in [0, 0.05) is 41.8 Å². The minimum absolute atomic E-state index is 0. The predicted molar refractivity (Wildman–Crippen MR) is 101 cm³/mol. The van der Waals surface area contributed by atoms with Gasteiger partial charge >= 0.3 is 0 Å². The van der Waals surface area contributed by atoms with E-state index in [0.29, 0.717) is 12.5 Å². The number of rotatable bonds is 5. The van der Waals surface area contributed by atoms with Gasteiger partial charge in [0.25, 0.3) is 0 Å². The Morgan fingerprint density at radius 2 is 2.28 bits per heavy atom. The molecule has 1 aliphatic carbocycles. The SMILES string of the molecule is Cl.O=C(CC1CSCCN1)Nc1cccc(-c2nnnn2C2CC2)c1. The molecule has 1 amide bonds. The van der Waals surface area contributed by atoms with E-state index in [1.165, 1.54) is 0 Å². The summed E-state index contributed by atoms with van der Waals surface area (Å²) in [6.07, 6.45) is 2.75. The van der Waals surface area contributed by atoms with Crippen molar-refractivity contribution in [1.82, 2.24) is 25.5 Å². The van der Waals surface area contributed by atoms with Crippen molar-refractivity contribution in [3.05, 3.63) is 24.3 Å². The Kier molecular flexibility index (Phi) is 5.93. The molecule has 2 heterocycles. The monoisotopic (exact) mass is 380 g/mol. The summed E-state index contributed by atoms with van der Waals surface area (Å²) in [4.78, 5) is 12.3. The van der Waals surface area contributed by atoms with Gasteiger partial charge in [-0.1, -0.05) is 12.1 Å². The molecule has 1 aliphatic heterocycles. The number of anilines is 1. The topological polar surface area (TPSA) is 84.7 Å². The van der Waals surface area contributed by atoms with Crippen molar-refractivity contribution in [2.45, 2.75) is 31.3 Å². The van der Waals surface area contributed by atoms with Gasteiger partial charge in [0.1, 0.15) is 0 Å². The standard InChI is InChI=1S/C16H20N6OS.ClH/c23-15(9-13-10-24-7-6-17-13)18-12-3-1-2-11(8-12)16-19-20-21-22(16)14-4-5-14;/h1-3,8,13-14,17H,4-7,9-10H2,(H,18,23);1H. The molecule has 25 heavy (non-hydrogen) atoms. The molecule has 2 aromatic rings. The van der Waals surface area contributed by atoms with E-state index in [9.17, 15) is 4.79 Å². The molecule has 0 bridgehead atoms. The van der Waals surface area contributed by atoms with Gasteiger partial charge in [0.15, 0.2) is 5.82 Å². The van der Waals surface area contributed by atoms with Crippen LogP contribution in [0.25, 0.3) is 11.4 Å². The van der Waals surface area contributed by atoms with E-state index in [4.69, 9.17) is 0 Å². The number of amides is 1. The summed E-state index contributed by atoms with van der Waals surface area (Å²) in [6.45, 7) is 0.974. The molecule has 1 aromatic carbocycles. The van der Waals surface area contributed by atoms with Gasteiger partial charge < -0.3 is 10.6 Å². The minimum Gasteiger partial charge on any atom is -0.326 e. The summed E-state index contributed by atoms with van der Waals surface area (Å²) in [6, 6.07) is 8.41. The Labute approximate surface area is 156 Å². The summed E-state index contributed by atoms with van der Waals surface area (Å²) >= 11 is 1.89. The molecule has 1 aromatic heterocycles. The zero-order valence-corrected chi connectivity index (χ0v) is 15.4. The van der Waals surface area contributed by atoms with Crippen LogP contribution in [0.2, 0.25) is 0 Å². The number of halogens is 1. The number of tetrazole rings is 1. The molecule has 134 valence electrons. The molecule has 2 N–H and O–H groups in total. The Morgan fingerprint density at radius 1 is 1.40 bits per heavy atom. The van der Waals surface area contributed by atoms with Gasteiger partial charge in [-0.15, -0.1) is 17.5 Å². The van der Waals surface area contributed by atoms with Crippen molar-refractivity contribution in [2.75, 3.05) is 23.4 Å². The van der Waals surface area contributed by atoms with E-state index in [1.54, 1.807) is 0 Å². The molecule has 7 nitrogen and oxygen atoms in total. The largest absolute Gasteiger partial charge is 0.326 e. The van der Waals surface area contributed by atoms with Crippen LogP contribution in [0.15, 0.2) is 24.3 Å². The van der Waals surface area contributed by atoms with E-state index in [2.05, 4.69) is 26.2 Å². The summed E-state index contributed by atoms with van der Waals surface area (Å²) in [5.74, 6) is 2.91. The highest BCUT2D eigenvalue weighted by molar-refractivity contribution is 7.99. The Morgan fingerprint density at radius 3 is 3.04 bits per heavy atom. The van der Waals surface area contributed by atoms with E-state index in [-0.39, 0.29) is 24.4 Å². The van der Waals surface area contributed by atoms with Crippen LogP contribution >= 0.6 is 24.2 Å². The fourth-order valence-electron chi connectivity index (χ4n) is 2.87. The lowest BCUT2D eigenvalue weighted by Gasteiger charge is -2.22. The zero-order chi connectivity index (χ0) is 16.4. The Hall–Kier alpha value is -1.64. The second kappa shape index (κ2) is 8.16. The Bertz CT molecular complexity index is 729. The number of nitrogens with zero attached hydrogens (tertiary/aromatic N) is 4. The second-order valence-electron chi connectivity index (χ2n) is 6.24. The fourth-order valence-corrected chi connectivity index (χ4v) is 3.82. The third-order valence-electron chi connectivity index (χ3n) is 4.22. The number of nitrogens with one attached hydrogen (secondary N) is 2. The maximum atomic E-state index is 12.3. The molecule has 0 spiro atoms. The van der Waals surface area contributed by atoms with E-state index in [1.807, 2.05) is 40.7 Å². The predicted octanol–water partition coefficient (Wildman–Crippen LogP) is 2.13. The summed E-state index contributed by atoms with van der Waals surface area (Å²) in [5, 5.41) is 18.4. The molecule has 1 saturated carbocycles. The highest BCUT2D eigenvalue weighted by Crippen LogP contribution is 2.36. The quantitative estimate of drug-likeness (QED) is 0.826. The molecule has 1 unspecified atom stereocenters. The van der Waals surface area contributed by atoms with Crippen LogP contribution < -0.4 is 10.6 Å². The third kappa shape index (κ3) is 4.50. The molecule has 9 heteroatoms. The van der Waals surface area contributed by atoms with E-state index >= 15 is 0 Å². The first-order valence-corrected chi connectivity index (χ1v) is 9.44. The molecule has 0 radical (unpaired) electrons. The molecule has 1 atom stereocenters. The van der Waals surface area contributed by atoms with Crippen molar-refractivity contribution < 1.29 is 4.79 Å². The van der Waals surface area contributed by atoms with Crippen molar-refractivity contribution in [2.24, 2.45) is 0 Å². The van der Waals surface area contributed by atoms with Crippen molar-refractivity contribution in [3.8, 4) is 11.4 Å². The number of carbonyl (C=O) groups excluding carboxylic acids is 1. The van der Waals surface area contributed by atoms with Crippen molar-refractivity contribution in [3.63, 3.8) is 0 Å². The fraction of sp³-hybridized carbons (Fsp3) is 0.500. The van der Waals surface area contributed by atoms with Gasteiger partial charge in [-0.2, -0.15) is 11.8 Å². The van der Waals surface area contributed by atoms with Crippen molar-refractivity contribution >= 4 is 35.8 Å². The average molecular weight is 381 g/mol. The molecule has 4 rings (SSSR count). The highest BCUT2D eigenvalue weighted by Gasteiger charge is 2.28. The van der Waals surface area contributed by atoms with Crippen LogP contribution in [0.1, 0.15) is 25.3 Å². The van der Waals surface area contributed by atoms with Crippen molar-refractivity contribution in [1.29, 1.82) is 0 Å². The van der Waals surface area contributed by atoms with Crippen LogP contribution in [0.5, 0.6) is 0 Å².